The van der Waals surface area contributed by atoms with Crippen molar-refractivity contribution in [1.29, 1.82) is 0 Å². The van der Waals surface area contributed by atoms with Crippen molar-refractivity contribution in [3.05, 3.63) is 41.8 Å². The van der Waals surface area contributed by atoms with Gasteiger partial charge >= 0.3 is 0 Å². The summed E-state index contributed by atoms with van der Waals surface area (Å²) in [5, 5.41) is 4.18. The van der Waals surface area contributed by atoms with Crippen molar-refractivity contribution < 1.29 is 9.26 Å². The zero-order valence-corrected chi connectivity index (χ0v) is 16.1. The molecule has 1 aliphatic carbocycles. The van der Waals surface area contributed by atoms with E-state index >= 15 is 0 Å². The maximum atomic E-state index is 5.82. The topological polar surface area (TPSA) is 64.3 Å². The van der Waals surface area contributed by atoms with Gasteiger partial charge in [-0.2, -0.15) is 4.98 Å². The molecule has 4 rings (SSSR count). The molecule has 6 heteroatoms. The third kappa shape index (κ3) is 5.36. The molecule has 0 bridgehead atoms. The van der Waals surface area contributed by atoms with Gasteiger partial charge in [0.05, 0.1) is 12.5 Å². The number of ether oxygens (including phenoxy) is 1. The molecule has 1 atom stereocenters. The Morgan fingerprint density at radius 1 is 1.11 bits per heavy atom. The highest BCUT2D eigenvalue weighted by Gasteiger charge is 2.26. The van der Waals surface area contributed by atoms with Crippen molar-refractivity contribution in [2.75, 3.05) is 26.3 Å². The fraction of sp³-hybridized carbons (Fsp3) is 0.667. The maximum Gasteiger partial charge on any atom is 0.231 e. The molecule has 146 valence electrons. The van der Waals surface area contributed by atoms with Gasteiger partial charge in [-0.3, -0.25) is 9.88 Å². The van der Waals surface area contributed by atoms with Crippen molar-refractivity contribution in [3.8, 4) is 0 Å². The highest BCUT2D eigenvalue weighted by Crippen LogP contribution is 2.27. The van der Waals surface area contributed by atoms with Gasteiger partial charge in [0.1, 0.15) is 0 Å². The lowest BCUT2D eigenvalue weighted by molar-refractivity contribution is 0.102. The van der Waals surface area contributed by atoms with Crippen LogP contribution in [-0.4, -0.2) is 46.3 Å². The second-order valence-corrected chi connectivity index (χ2v) is 7.95. The zero-order valence-electron chi connectivity index (χ0n) is 16.1. The van der Waals surface area contributed by atoms with Gasteiger partial charge in [0.2, 0.25) is 5.89 Å². The summed E-state index contributed by atoms with van der Waals surface area (Å²) in [6.07, 6.45) is 12.1. The Kier molecular flexibility index (Phi) is 6.48. The van der Waals surface area contributed by atoms with Crippen LogP contribution in [0.1, 0.15) is 61.7 Å². The lowest BCUT2D eigenvalue weighted by Crippen LogP contribution is -2.34. The predicted molar refractivity (Wildman–Crippen MR) is 102 cm³/mol. The highest BCUT2D eigenvalue weighted by atomic mass is 16.5. The van der Waals surface area contributed by atoms with Gasteiger partial charge < -0.3 is 9.26 Å². The van der Waals surface area contributed by atoms with E-state index in [4.69, 9.17) is 9.26 Å². The molecule has 0 spiro atoms. The zero-order chi connectivity index (χ0) is 18.3. The average molecular weight is 370 g/mol. The molecule has 2 fully saturated rings. The number of hydrogen-bond acceptors (Lipinski definition) is 6. The second kappa shape index (κ2) is 9.42. The van der Waals surface area contributed by atoms with Crippen LogP contribution in [0.3, 0.4) is 0 Å². The van der Waals surface area contributed by atoms with E-state index in [-0.39, 0.29) is 0 Å². The summed E-state index contributed by atoms with van der Waals surface area (Å²) in [7, 11) is 0. The number of pyridine rings is 1. The first-order valence-corrected chi connectivity index (χ1v) is 10.4. The molecule has 0 radical (unpaired) electrons. The molecule has 1 aliphatic heterocycles. The van der Waals surface area contributed by atoms with Crippen molar-refractivity contribution in [2.24, 2.45) is 5.92 Å². The predicted octanol–water partition coefficient (Wildman–Crippen LogP) is 3.59. The summed E-state index contributed by atoms with van der Waals surface area (Å²) in [5.41, 5.74) is 1.30. The van der Waals surface area contributed by atoms with E-state index in [1.165, 1.54) is 31.2 Å². The number of aromatic nitrogens is 3. The average Bonchev–Trinajstić information content (AvgIpc) is 3.38. The van der Waals surface area contributed by atoms with Gasteiger partial charge in [-0.1, -0.05) is 18.0 Å². The minimum absolute atomic E-state index is 0.334. The smallest absolute Gasteiger partial charge is 0.231 e. The first-order chi connectivity index (χ1) is 13.4. The van der Waals surface area contributed by atoms with Crippen LogP contribution in [0.5, 0.6) is 0 Å². The lowest BCUT2D eigenvalue weighted by Gasteiger charge is -2.30. The van der Waals surface area contributed by atoms with Crippen LogP contribution < -0.4 is 0 Å². The Hall–Kier alpha value is -1.79. The molecule has 0 aromatic carbocycles. The molecule has 2 aromatic rings. The van der Waals surface area contributed by atoms with E-state index in [0.29, 0.717) is 12.5 Å². The van der Waals surface area contributed by atoms with Gasteiger partial charge in [-0.05, 0) is 55.8 Å². The lowest BCUT2D eigenvalue weighted by atomic mass is 9.97. The molecule has 27 heavy (non-hydrogen) atoms. The van der Waals surface area contributed by atoms with Gasteiger partial charge in [0, 0.05) is 38.5 Å². The molecule has 1 saturated heterocycles. The Bertz CT molecular complexity index is 684. The second-order valence-electron chi connectivity index (χ2n) is 7.95. The molecule has 1 unspecified atom stereocenters. The normalized spacial score (nSPS) is 21.7. The molecule has 6 nitrogen and oxygen atoms in total. The first-order valence-electron chi connectivity index (χ1n) is 10.4. The maximum absolute atomic E-state index is 5.82. The highest BCUT2D eigenvalue weighted by molar-refractivity contribution is 5.10. The van der Waals surface area contributed by atoms with E-state index in [9.17, 15) is 0 Å². The summed E-state index contributed by atoms with van der Waals surface area (Å²) in [6.45, 7) is 4.62. The molecule has 1 saturated carbocycles. The van der Waals surface area contributed by atoms with Crippen molar-refractivity contribution in [3.63, 3.8) is 0 Å². The van der Waals surface area contributed by atoms with E-state index < -0.39 is 0 Å². The number of likely N-dealkylation sites (tertiary alicyclic amines) is 1. The minimum Gasteiger partial charge on any atom is -0.381 e. The Balaban J connectivity index is 1.23. The monoisotopic (exact) mass is 370 g/mol. The summed E-state index contributed by atoms with van der Waals surface area (Å²) >= 11 is 0. The Morgan fingerprint density at radius 2 is 1.96 bits per heavy atom. The fourth-order valence-electron chi connectivity index (χ4n) is 4.27. The molecule has 0 N–H and O–H groups in total. The summed E-state index contributed by atoms with van der Waals surface area (Å²) < 4.78 is 11.4. The minimum atomic E-state index is 0.334. The van der Waals surface area contributed by atoms with Crippen molar-refractivity contribution in [2.45, 2.75) is 57.4 Å². The van der Waals surface area contributed by atoms with E-state index in [1.54, 1.807) is 0 Å². The summed E-state index contributed by atoms with van der Waals surface area (Å²) in [6, 6.07) is 4.17. The molecular weight excluding hydrogens is 340 g/mol. The van der Waals surface area contributed by atoms with Gasteiger partial charge in [-0.25, -0.2) is 0 Å². The quantitative estimate of drug-likeness (QED) is 0.662. The van der Waals surface area contributed by atoms with Crippen LogP contribution in [0.25, 0.3) is 0 Å². The fourth-order valence-corrected chi connectivity index (χ4v) is 4.27. The first kappa shape index (κ1) is 18.6. The Morgan fingerprint density at radius 3 is 2.81 bits per heavy atom. The molecule has 2 aromatic heterocycles. The molecule has 3 heterocycles. The van der Waals surface area contributed by atoms with Crippen molar-refractivity contribution >= 4 is 0 Å². The van der Waals surface area contributed by atoms with E-state index in [2.05, 4.69) is 32.2 Å². The molecule has 0 amide bonds. The van der Waals surface area contributed by atoms with Gasteiger partial charge in [0.15, 0.2) is 5.82 Å². The van der Waals surface area contributed by atoms with Crippen LogP contribution in [-0.2, 0) is 17.7 Å². The van der Waals surface area contributed by atoms with E-state index in [0.717, 1.165) is 63.1 Å². The van der Waals surface area contributed by atoms with Crippen LogP contribution >= 0.6 is 0 Å². The SMILES string of the molecule is c1cc(CN2CCCC(c3nc(CCOCC4CCCC4)no3)C2)ccn1. The third-order valence-electron chi connectivity index (χ3n) is 5.79. The van der Waals surface area contributed by atoms with Crippen LogP contribution in [0, 0.1) is 5.92 Å². The van der Waals surface area contributed by atoms with Gasteiger partial charge in [0.25, 0.3) is 0 Å². The van der Waals surface area contributed by atoms with E-state index in [1.807, 2.05) is 12.4 Å². The summed E-state index contributed by atoms with van der Waals surface area (Å²) in [4.78, 5) is 11.2. The number of rotatable bonds is 8. The molecular formula is C21H30N4O2. The number of piperidine rings is 1. The number of hydrogen-bond donors (Lipinski definition) is 0. The van der Waals surface area contributed by atoms with Crippen LogP contribution in [0.15, 0.2) is 29.0 Å². The molecule has 2 aliphatic rings. The van der Waals surface area contributed by atoms with Crippen LogP contribution in [0.4, 0.5) is 0 Å². The largest absolute Gasteiger partial charge is 0.381 e. The summed E-state index contributed by atoms with van der Waals surface area (Å²) in [5.74, 6) is 2.67. The van der Waals surface area contributed by atoms with Gasteiger partial charge in [-0.15, -0.1) is 0 Å². The van der Waals surface area contributed by atoms with Crippen LogP contribution in [0.2, 0.25) is 0 Å². The standard InChI is InChI=1S/C21H30N4O2/c1-2-5-18(4-1)16-26-13-9-20-23-21(27-24-20)19-6-3-12-25(15-19)14-17-7-10-22-11-8-17/h7-8,10-11,18-19H,1-6,9,12-16H2. The third-order valence-corrected chi connectivity index (χ3v) is 5.79. The van der Waals surface area contributed by atoms with Crippen molar-refractivity contribution in [1.82, 2.24) is 20.0 Å². The Labute approximate surface area is 161 Å². The number of nitrogens with zero attached hydrogens (tertiary/aromatic N) is 4.